The van der Waals surface area contributed by atoms with E-state index >= 15 is 0 Å². The second-order valence-electron chi connectivity index (χ2n) is 3.13. The maximum atomic E-state index is 10.3. The van der Waals surface area contributed by atoms with Crippen LogP contribution in [-0.2, 0) is 9.09 Å². The Balaban J connectivity index is 3.03. The molecule has 0 aliphatic carbocycles. The van der Waals surface area contributed by atoms with E-state index in [1.165, 1.54) is 19.3 Å². The van der Waals surface area contributed by atoms with E-state index in [4.69, 9.17) is 9.79 Å². The second-order valence-corrected chi connectivity index (χ2v) is 5.17. The van der Waals surface area contributed by atoms with Crippen LogP contribution in [0.2, 0.25) is 0 Å². The fourth-order valence-electron chi connectivity index (χ4n) is 1.09. The lowest BCUT2D eigenvalue weighted by molar-refractivity contribution is 0.193. The first-order chi connectivity index (χ1) is 6.56. The number of phosphoric ester groups is 1. The van der Waals surface area contributed by atoms with E-state index in [1.807, 2.05) is 0 Å². The summed E-state index contributed by atoms with van der Waals surface area (Å²) < 4.78 is 14.6. The topological polar surface area (TPSA) is 66.8 Å². The average Bonchev–Trinajstić information content (AvgIpc) is 2.08. The molecule has 0 aromatic rings. The van der Waals surface area contributed by atoms with E-state index in [9.17, 15) is 4.57 Å². The van der Waals surface area contributed by atoms with E-state index < -0.39 is 7.82 Å². The minimum absolute atomic E-state index is 0.155. The maximum absolute atomic E-state index is 10.3. The molecule has 0 aliphatic heterocycles. The highest BCUT2D eigenvalue weighted by molar-refractivity contribution is 9.09. The maximum Gasteiger partial charge on any atom is 0.469 e. The number of hydrogen-bond acceptors (Lipinski definition) is 2. The highest BCUT2D eigenvalue weighted by Gasteiger charge is 2.12. The van der Waals surface area contributed by atoms with Gasteiger partial charge < -0.3 is 9.79 Å². The Morgan fingerprint density at radius 1 is 1.00 bits per heavy atom. The summed E-state index contributed by atoms with van der Waals surface area (Å²) in [6, 6.07) is 0. The predicted molar refractivity (Wildman–Crippen MR) is 59.5 cm³/mol. The first-order valence-corrected chi connectivity index (χ1v) is 7.47. The monoisotopic (exact) mass is 288 g/mol. The van der Waals surface area contributed by atoms with Crippen molar-refractivity contribution < 1.29 is 18.9 Å². The molecule has 0 heterocycles. The van der Waals surface area contributed by atoms with Crippen LogP contribution in [-0.4, -0.2) is 21.7 Å². The molecule has 0 saturated heterocycles. The van der Waals surface area contributed by atoms with Crippen molar-refractivity contribution in [2.75, 3.05) is 11.9 Å². The van der Waals surface area contributed by atoms with Crippen LogP contribution in [0.25, 0.3) is 0 Å². The van der Waals surface area contributed by atoms with Crippen molar-refractivity contribution in [1.82, 2.24) is 0 Å². The largest absolute Gasteiger partial charge is 0.469 e. The number of halogens is 1. The Bertz CT molecular complexity index is 171. The summed E-state index contributed by atoms with van der Waals surface area (Å²) in [7, 11) is -4.24. The van der Waals surface area contributed by atoms with Crippen LogP contribution in [0.5, 0.6) is 0 Å². The molecular formula is C8H18BrO4P. The highest BCUT2D eigenvalue weighted by atomic mass is 79.9. The summed E-state index contributed by atoms with van der Waals surface area (Å²) in [5, 5.41) is 1.05. The molecule has 0 radical (unpaired) electrons. The molecule has 0 unspecified atom stereocenters. The second kappa shape index (κ2) is 8.86. The van der Waals surface area contributed by atoms with Crippen molar-refractivity contribution in [3.8, 4) is 0 Å². The molecule has 0 amide bonds. The van der Waals surface area contributed by atoms with Gasteiger partial charge in [0.2, 0.25) is 0 Å². The number of hydrogen-bond donors (Lipinski definition) is 2. The van der Waals surface area contributed by atoms with Crippen molar-refractivity contribution in [3.05, 3.63) is 0 Å². The molecule has 14 heavy (non-hydrogen) atoms. The predicted octanol–water partition coefficient (Wildman–Crippen LogP) is 2.83. The molecule has 0 spiro atoms. The first kappa shape index (κ1) is 14.6. The summed E-state index contributed by atoms with van der Waals surface area (Å²) in [5.41, 5.74) is 0. The van der Waals surface area contributed by atoms with Crippen molar-refractivity contribution in [2.24, 2.45) is 0 Å². The number of unbranched alkanes of at least 4 members (excludes halogenated alkanes) is 5. The average molecular weight is 289 g/mol. The van der Waals surface area contributed by atoms with Gasteiger partial charge in [-0.2, -0.15) is 0 Å². The van der Waals surface area contributed by atoms with E-state index in [0.717, 1.165) is 24.6 Å². The summed E-state index contributed by atoms with van der Waals surface area (Å²) >= 11 is 3.36. The first-order valence-electron chi connectivity index (χ1n) is 4.82. The molecule has 0 atom stereocenters. The lowest BCUT2D eigenvalue weighted by Gasteiger charge is -2.04. The molecule has 6 heteroatoms. The Hall–Kier alpha value is 0.590. The van der Waals surface area contributed by atoms with Crippen LogP contribution in [0.3, 0.4) is 0 Å². The molecule has 0 aromatic heterocycles. The van der Waals surface area contributed by atoms with Crippen LogP contribution >= 0.6 is 23.8 Å². The Morgan fingerprint density at radius 3 is 2.00 bits per heavy atom. The third kappa shape index (κ3) is 12.6. The molecule has 4 nitrogen and oxygen atoms in total. The van der Waals surface area contributed by atoms with E-state index in [2.05, 4.69) is 20.5 Å². The molecule has 0 aliphatic rings. The lowest BCUT2D eigenvalue weighted by atomic mass is 10.1. The van der Waals surface area contributed by atoms with Crippen LogP contribution in [0.15, 0.2) is 0 Å². The van der Waals surface area contributed by atoms with E-state index in [0.29, 0.717) is 0 Å². The van der Waals surface area contributed by atoms with E-state index in [1.54, 1.807) is 0 Å². The zero-order valence-electron chi connectivity index (χ0n) is 8.19. The van der Waals surface area contributed by atoms with Gasteiger partial charge in [0.15, 0.2) is 0 Å². The Morgan fingerprint density at radius 2 is 1.50 bits per heavy atom. The molecular weight excluding hydrogens is 271 g/mol. The zero-order valence-corrected chi connectivity index (χ0v) is 10.7. The van der Waals surface area contributed by atoms with Gasteiger partial charge in [-0.05, 0) is 12.8 Å². The van der Waals surface area contributed by atoms with Gasteiger partial charge in [0, 0.05) is 5.33 Å². The molecule has 0 fully saturated rings. The zero-order chi connectivity index (χ0) is 10.9. The Labute approximate surface area is 93.4 Å². The van der Waals surface area contributed by atoms with Gasteiger partial charge in [-0.1, -0.05) is 41.6 Å². The van der Waals surface area contributed by atoms with Gasteiger partial charge >= 0.3 is 7.82 Å². The van der Waals surface area contributed by atoms with Gasteiger partial charge in [-0.15, -0.1) is 0 Å². The fraction of sp³-hybridized carbons (Fsp3) is 1.00. The lowest BCUT2D eigenvalue weighted by Crippen LogP contribution is -1.92. The summed E-state index contributed by atoms with van der Waals surface area (Å²) in [6.07, 6.45) is 6.39. The molecule has 2 N–H and O–H groups in total. The highest BCUT2D eigenvalue weighted by Crippen LogP contribution is 2.35. The SMILES string of the molecule is O=P(O)(O)OCCCCCCCCBr. The molecule has 0 aromatic carbocycles. The smallest absolute Gasteiger partial charge is 0.303 e. The minimum atomic E-state index is -4.24. The minimum Gasteiger partial charge on any atom is -0.303 e. The summed E-state index contributed by atoms with van der Waals surface area (Å²) in [5.74, 6) is 0. The standard InChI is InChI=1S/C8H18BrO4P/c9-7-5-3-1-2-4-6-8-13-14(10,11)12/h1-8H2,(H2,10,11,12). The molecule has 86 valence electrons. The normalized spacial score (nSPS) is 11.9. The summed E-state index contributed by atoms with van der Waals surface area (Å²) in [4.78, 5) is 16.7. The van der Waals surface area contributed by atoms with Crippen molar-refractivity contribution >= 4 is 23.8 Å². The number of alkyl halides is 1. The van der Waals surface area contributed by atoms with Crippen molar-refractivity contribution in [1.29, 1.82) is 0 Å². The third-order valence-corrected chi connectivity index (χ3v) is 2.87. The van der Waals surface area contributed by atoms with Gasteiger partial charge in [0.05, 0.1) is 6.61 Å². The van der Waals surface area contributed by atoms with E-state index in [-0.39, 0.29) is 6.61 Å². The van der Waals surface area contributed by atoms with Gasteiger partial charge in [-0.25, -0.2) is 4.57 Å². The number of rotatable bonds is 9. The molecule has 0 saturated carbocycles. The number of phosphoric acid groups is 1. The van der Waals surface area contributed by atoms with Gasteiger partial charge in [-0.3, -0.25) is 4.52 Å². The van der Waals surface area contributed by atoms with Crippen LogP contribution in [0, 0.1) is 0 Å². The molecule has 0 rings (SSSR count). The van der Waals surface area contributed by atoms with Crippen LogP contribution in [0.1, 0.15) is 38.5 Å². The fourth-order valence-corrected chi connectivity index (χ4v) is 1.85. The summed E-state index contributed by atoms with van der Waals surface area (Å²) in [6.45, 7) is 0.155. The van der Waals surface area contributed by atoms with Gasteiger partial charge in [0.1, 0.15) is 0 Å². The third-order valence-electron chi connectivity index (χ3n) is 1.79. The van der Waals surface area contributed by atoms with Crippen LogP contribution < -0.4 is 0 Å². The van der Waals surface area contributed by atoms with Crippen molar-refractivity contribution in [3.63, 3.8) is 0 Å². The quantitative estimate of drug-likeness (QED) is 0.389. The van der Waals surface area contributed by atoms with Crippen molar-refractivity contribution in [2.45, 2.75) is 38.5 Å². The van der Waals surface area contributed by atoms with Gasteiger partial charge in [0.25, 0.3) is 0 Å². The molecule has 0 bridgehead atoms. The van der Waals surface area contributed by atoms with Crippen LogP contribution in [0.4, 0.5) is 0 Å². The Kier molecular flexibility index (Phi) is 9.24.